The Hall–Kier alpha value is -3.52. The number of nitrogens with two attached hydrogens (primary N) is 1. The molecule has 0 atom stereocenters. The maximum absolute atomic E-state index is 12.4. The zero-order valence-corrected chi connectivity index (χ0v) is 12.3. The Morgan fingerprint density at radius 2 is 1.79 bits per heavy atom. The summed E-state index contributed by atoms with van der Waals surface area (Å²) in [6, 6.07) is 10.9. The van der Waals surface area contributed by atoms with Crippen molar-refractivity contribution in [3.05, 3.63) is 70.1 Å². The largest absolute Gasteiger partial charge is 0.505 e. The SMILES string of the molecule is NN(C(=O)c1ccccc1)C(=O)c1c(O)c2ncccc2[nH]c1=O. The number of hydrazine groups is 1. The molecule has 0 aliphatic rings. The fourth-order valence-corrected chi connectivity index (χ4v) is 2.24. The van der Waals surface area contributed by atoms with E-state index in [2.05, 4.69) is 9.97 Å². The van der Waals surface area contributed by atoms with Crippen LogP contribution in [-0.2, 0) is 0 Å². The van der Waals surface area contributed by atoms with Gasteiger partial charge in [-0.15, -0.1) is 0 Å². The van der Waals surface area contributed by atoms with E-state index in [0.29, 0.717) is 0 Å². The van der Waals surface area contributed by atoms with Gasteiger partial charge in [-0.2, -0.15) is 0 Å². The zero-order chi connectivity index (χ0) is 17.3. The van der Waals surface area contributed by atoms with E-state index in [-0.39, 0.29) is 21.6 Å². The topological polar surface area (TPSA) is 129 Å². The Balaban J connectivity index is 2.06. The molecule has 4 N–H and O–H groups in total. The number of H-pyrrole nitrogens is 1. The van der Waals surface area contributed by atoms with E-state index in [1.807, 2.05) is 0 Å². The van der Waals surface area contributed by atoms with E-state index in [4.69, 9.17) is 5.84 Å². The Kier molecular flexibility index (Phi) is 3.80. The number of nitrogens with one attached hydrogen (secondary N) is 1. The normalized spacial score (nSPS) is 10.5. The molecule has 120 valence electrons. The molecule has 3 aromatic rings. The van der Waals surface area contributed by atoms with Gasteiger partial charge in [0, 0.05) is 11.8 Å². The van der Waals surface area contributed by atoms with Gasteiger partial charge in [0.25, 0.3) is 17.4 Å². The van der Waals surface area contributed by atoms with Gasteiger partial charge in [-0.25, -0.2) is 10.9 Å². The Morgan fingerprint density at radius 3 is 2.50 bits per heavy atom. The first-order valence-corrected chi connectivity index (χ1v) is 6.89. The lowest BCUT2D eigenvalue weighted by Gasteiger charge is -2.15. The third-order valence-corrected chi connectivity index (χ3v) is 3.42. The molecule has 3 rings (SSSR count). The van der Waals surface area contributed by atoms with Gasteiger partial charge in [0.05, 0.1) is 5.52 Å². The number of carbonyl (C=O) groups excluding carboxylic acids is 2. The molecule has 0 aliphatic carbocycles. The van der Waals surface area contributed by atoms with Crippen molar-refractivity contribution in [2.45, 2.75) is 0 Å². The zero-order valence-electron chi connectivity index (χ0n) is 12.3. The van der Waals surface area contributed by atoms with Crippen molar-refractivity contribution in [3.63, 3.8) is 0 Å². The molecule has 8 nitrogen and oxygen atoms in total. The minimum absolute atomic E-state index is 0.0287. The van der Waals surface area contributed by atoms with Gasteiger partial charge in [-0.05, 0) is 24.3 Å². The van der Waals surface area contributed by atoms with Crippen LogP contribution < -0.4 is 11.4 Å². The van der Waals surface area contributed by atoms with Crippen LogP contribution in [0.5, 0.6) is 5.75 Å². The van der Waals surface area contributed by atoms with E-state index >= 15 is 0 Å². The molecule has 0 bridgehead atoms. The van der Waals surface area contributed by atoms with Crippen LogP contribution in [0.1, 0.15) is 20.7 Å². The van der Waals surface area contributed by atoms with E-state index in [9.17, 15) is 19.5 Å². The number of carbonyl (C=O) groups is 2. The number of pyridine rings is 2. The molecule has 0 saturated heterocycles. The molecule has 2 amide bonds. The number of benzene rings is 1. The second-order valence-corrected chi connectivity index (χ2v) is 4.92. The molecule has 0 spiro atoms. The number of aromatic hydroxyl groups is 1. The Morgan fingerprint density at radius 1 is 1.08 bits per heavy atom. The number of rotatable bonds is 2. The number of hydrogen-bond acceptors (Lipinski definition) is 6. The molecule has 8 heteroatoms. The Bertz CT molecular complexity index is 998. The molecule has 2 heterocycles. The molecule has 0 aliphatic heterocycles. The number of aromatic amines is 1. The van der Waals surface area contributed by atoms with Crippen LogP contribution >= 0.6 is 0 Å². The quantitative estimate of drug-likeness (QED) is 0.276. The first-order chi connectivity index (χ1) is 11.5. The molecule has 0 unspecified atom stereocenters. The standard InChI is InChI=1S/C16H12N4O4/c17-20(15(23)9-5-2-1-3-6-9)16(24)11-13(21)12-10(19-14(11)22)7-4-8-18-12/h1-8H,17H2,(H2,19,21,22). The fraction of sp³-hybridized carbons (Fsp3) is 0. The summed E-state index contributed by atoms with van der Waals surface area (Å²) >= 11 is 0. The number of fused-ring (bicyclic) bond motifs is 1. The third-order valence-electron chi connectivity index (χ3n) is 3.42. The van der Waals surface area contributed by atoms with Crippen molar-refractivity contribution in [1.29, 1.82) is 0 Å². The maximum Gasteiger partial charge on any atom is 0.284 e. The summed E-state index contributed by atoms with van der Waals surface area (Å²) in [5.74, 6) is 2.99. The molecule has 0 saturated carbocycles. The predicted octanol–water partition coefficient (Wildman–Crippen LogP) is 0.785. The number of aromatic nitrogens is 2. The highest BCUT2D eigenvalue weighted by molar-refractivity contribution is 6.11. The summed E-state index contributed by atoms with van der Waals surface area (Å²) < 4.78 is 0. The highest BCUT2D eigenvalue weighted by atomic mass is 16.3. The van der Waals surface area contributed by atoms with Crippen LogP contribution in [0.3, 0.4) is 0 Å². The molecule has 1 aromatic carbocycles. The molecular formula is C16H12N4O4. The highest BCUT2D eigenvalue weighted by Gasteiger charge is 2.27. The maximum atomic E-state index is 12.4. The van der Waals surface area contributed by atoms with E-state index in [1.165, 1.54) is 24.4 Å². The van der Waals surface area contributed by atoms with E-state index in [1.54, 1.807) is 24.3 Å². The van der Waals surface area contributed by atoms with E-state index in [0.717, 1.165) is 0 Å². The minimum atomic E-state index is -1.13. The van der Waals surface area contributed by atoms with Crippen LogP contribution in [-0.4, -0.2) is 31.9 Å². The Labute approximate surface area is 135 Å². The molecule has 2 aromatic heterocycles. The average Bonchev–Trinajstić information content (AvgIpc) is 2.61. The van der Waals surface area contributed by atoms with Crippen LogP contribution in [0, 0.1) is 0 Å². The van der Waals surface area contributed by atoms with Crippen LogP contribution in [0.15, 0.2) is 53.5 Å². The molecule has 24 heavy (non-hydrogen) atoms. The second-order valence-electron chi connectivity index (χ2n) is 4.92. The van der Waals surface area contributed by atoms with Gasteiger partial charge in [0.15, 0.2) is 11.3 Å². The van der Waals surface area contributed by atoms with Crippen LogP contribution in [0.4, 0.5) is 0 Å². The van der Waals surface area contributed by atoms with Crippen LogP contribution in [0.2, 0.25) is 0 Å². The summed E-state index contributed by atoms with van der Waals surface area (Å²) in [5, 5.41) is 10.5. The predicted molar refractivity (Wildman–Crippen MR) is 85.2 cm³/mol. The van der Waals surface area contributed by atoms with Crippen molar-refractivity contribution in [1.82, 2.24) is 15.0 Å². The number of hydrogen-bond donors (Lipinski definition) is 3. The summed E-state index contributed by atoms with van der Waals surface area (Å²) in [7, 11) is 0. The lowest BCUT2D eigenvalue weighted by Crippen LogP contribution is -2.44. The van der Waals surface area contributed by atoms with Gasteiger partial charge < -0.3 is 10.1 Å². The second kappa shape index (κ2) is 5.94. The van der Waals surface area contributed by atoms with Crippen LogP contribution in [0.25, 0.3) is 11.0 Å². The molecule has 0 fully saturated rings. The number of nitrogens with zero attached hydrogens (tertiary/aromatic N) is 2. The number of imide groups is 1. The van der Waals surface area contributed by atoms with Crippen molar-refractivity contribution in [2.75, 3.05) is 0 Å². The van der Waals surface area contributed by atoms with Gasteiger partial charge in [-0.1, -0.05) is 18.2 Å². The monoisotopic (exact) mass is 324 g/mol. The van der Waals surface area contributed by atoms with Crippen molar-refractivity contribution >= 4 is 22.8 Å². The van der Waals surface area contributed by atoms with Crippen molar-refractivity contribution in [3.8, 4) is 5.75 Å². The van der Waals surface area contributed by atoms with Gasteiger partial charge >= 0.3 is 0 Å². The highest BCUT2D eigenvalue weighted by Crippen LogP contribution is 2.23. The molecular weight excluding hydrogens is 312 g/mol. The number of amides is 2. The summed E-state index contributed by atoms with van der Waals surface area (Å²) in [6.45, 7) is 0. The first kappa shape index (κ1) is 15.4. The summed E-state index contributed by atoms with van der Waals surface area (Å²) in [5.41, 5.74) is -1.05. The van der Waals surface area contributed by atoms with Gasteiger partial charge in [0.2, 0.25) is 0 Å². The van der Waals surface area contributed by atoms with E-state index < -0.39 is 28.7 Å². The van der Waals surface area contributed by atoms with Crippen molar-refractivity contribution in [2.24, 2.45) is 5.84 Å². The van der Waals surface area contributed by atoms with Gasteiger partial charge in [0.1, 0.15) is 5.52 Å². The summed E-state index contributed by atoms with van der Waals surface area (Å²) in [6.07, 6.45) is 1.39. The third kappa shape index (κ3) is 2.50. The minimum Gasteiger partial charge on any atom is -0.505 e. The summed E-state index contributed by atoms with van der Waals surface area (Å²) in [4.78, 5) is 43.1. The lowest BCUT2D eigenvalue weighted by molar-refractivity contribution is 0.0613. The smallest absolute Gasteiger partial charge is 0.284 e. The van der Waals surface area contributed by atoms with Crippen molar-refractivity contribution < 1.29 is 14.7 Å². The molecule has 0 radical (unpaired) electrons. The lowest BCUT2D eigenvalue weighted by atomic mass is 10.1. The fourth-order valence-electron chi connectivity index (χ4n) is 2.24. The first-order valence-electron chi connectivity index (χ1n) is 6.89. The average molecular weight is 324 g/mol. The van der Waals surface area contributed by atoms with Gasteiger partial charge in [-0.3, -0.25) is 19.4 Å².